The van der Waals surface area contributed by atoms with Crippen molar-refractivity contribution >= 4 is 34.9 Å². The summed E-state index contributed by atoms with van der Waals surface area (Å²) in [5.74, 6) is -1.06. The summed E-state index contributed by atoms with van der Waals surface area (Å²) >= 11 is 12.1. The van der Waals surface area contributed by atoms with Crippen LogP contribution in [-0.4, -0.2) is 11.7 Å². The van der Waals surface area contributed by atoms with Crippen LogP contribution in [0.2, 0.25) is 10.0 Å². The third-order valence-electron chi connectivity index (χ3n) is 5.20. The number of carbonyl (C=O) groups excluding carboxylic acids is 2. The summed E-state index contributed by atoms with van der Waals surface area (Å²) in [6.45, 7) is 0. The van der Waals surface area contributed by atoms with E-state index in [1.807, 2.05) is 6.07 Å². The lowest BCUT2D eigenvalue weighted by Gasteiger charge is -2.34. The smallest absolute Gasteiger partial charge is 0.225 e. The Kier molecular flexibility index (Phi) is 4.79. The van der Waals surface area contributed by atoms with Crippen molar-refractivity contribution in [3.63, 3.8) is 0 Å². The number of ketones is 1. The lowest BCUT2D eigenvalue weighted by molar-refractivity contribution is -0.122. The Balaban J connectivity index is 1.72. The number of Topliss-reactive ketones (excluding diaryl/α,β-unsaturated/α-hetero) is 1. The number of carbonyl (C=O) groups is 2. The molecule has 0 saturated heterocycles. The highest BCUT2D eigenvalue weighted by atomic mass is 35.5. The maximum Gasteiger partial charge on any atom is 0.225 e. The molecule has 0 radical (unpaired) electrons. The first kappa shape index (κ1) is 18.2. The molecular formula is C21H16Cl2FNO2. The molecule has 0 spiro atoms. The zero-order chi connectivity index (χ0) is 19.1. The summed E-state index contributed by atoms with van der Waals surface area (Å²) in [6, 6.07) is 11.4. The van der Waals surface area contributed by atoms with Crippen LogP contribution in [0.5, 0.6) is 0 Å². The summed E-state index contributed by atoms with van der Waals surface area (Å²) in [7, 11) is 0. The Morgan fingerprint density at radius 2 is 1.74 bits per heavy atom. The molecule has 2 aromatic carbocycles. The minimum Gasteiger partial charge on any atom is -0.329 e. The number of benzene rings is 2. The van der Waals surface area contributed by atoms with Crippen LogP contribution in [0.4, 0.5) is 4.39 Å². The molecule has 6 heteroatoms. The second-order valence-electron chi connectivity index (χ2n) is 6.95. The predicted molar refractivity (Wildman–Crippen MR) is 102 cm³/mol. The van der Waals surface area contributed by atoms with E-state index in [2.05, 4.69) is 5.32 Å². The molecule has 4 rings (SSSR count). The minimum atomic E-state index is -0.410. The molecule has 2 unspecified atom stereocenters. The van der Waals surface area contributed by atoms with E-state index in [-0.39, 0.29) is 29.8 Å². The number of halogens is 3. The van der Waals surface area contributed by atoms with E-state index in [4.69, 9.17) is 23.2 Å². The van der Waals surface area contributed by atoms with Gasteiger partial charge in [-0.15, -0.1) is 0 Å². The lowest BCUT2D eigenvalue weighted by Crippen LogP contribution is -2.38. The molecule has 1 N–H and O–H groups in total. The zero-order valence-electron chi connectivity index (χ0n) is 14.3. The molecule has 2 aromatic rings. The maximum atomic E-state index is 13.7. The summed E-state index contributed by atoms with van der Waals surface area (Å²) in [6.07, 6.45) is 0.987. The Hall–Kier alpha value is -2.17. The van der Waals surface area contributed by atoms with Crippen LogP contribution >= 0.6 is 23.2 Å². The van der Waals surface area contributed by atoms with Crippen molar-refractivity contribution in [2.75, 3.05) is 0 Å². The van der Waals surface area contributed by atoms with Crippen LogP contribution in [0.3, 0.4) is 0 Å². The van der Waals surface area contributed by atoms with Gasteiger partial charge >= 0.3 is 0 Å². The van der Waals surface area contributed by atoms with Gasteiger partial charge in [0.25, 0.3) is 0 Å². The fourth-order valence-electron chi connectivity index (χ4n) is 3.97. The molecular weight excluding hydrogens is 388 g/mol. The molecule has 1 amide bonds. The molecule has 2 atom stereocenters. The van der Waals surface area contributed by atoms with Gasteiger partial charge in [-0.05, 0) is 47.7 Å². The van der Waals surface area contributed by atoms with E-state index < -0.39 is 5.92 Å². The average Bonchev–Trinajstić information content (AvgIpc) is 2.63. The monoisotopic (exact) mass is 403 g/mol. The Bertz CT molecular complexity index is 986. The van der Waals surface area contributed by atoms with Gasteiger partial charge in [0.15, 0.2) is 5.78 Å². The van der Waals surface area contributed by atoms with Crippen LogP contribution in [0.25, 0.3) is 0 Å². The second kappa shape index (κ2) is 7.10. The van der Waals surface area contributed by atoms with Gasteiger partial charge in [0.2, 0.25) is 5.91 Å². The van der Waals surface area contributed by atoms with Gasteiger partial charge in [0.1, 0.15) is 5.82 Å². The SMILES string of the molecule is O=C1CC(c2cccc(F)c2)C2=C(CC(c3ccc(Cl)c(Cl)c3)CC2=O)N1. The van der Waals surface area contributed by atoms with E-state index in [9.17, 15) is 14.0 Å². The van der Waals surface area contributed by atoms with Gasteiger partial charge in [-0.1, -0.05) is 41.4 Å². The van der Waals surface area contributed by atoms with E-state index >= 15 is 0 Å². The summed E-state index contributed by atoms with van der Waals surface area (Å²) in [5.41, 5.74) is 2.79. The van der Waals surface area contributed by atoms with Crippen molar-refractivity contribution in [3.05, 3.63) is 80.7 Å². The molecule has 0 bridgehead atoms. The Morgan fingerprint density at radius 3 is 2.48 bits per heavy atom. The predicted octanol–water partition coefficient (Wildman–Crippen LogP) is 5.14. The van der Waals surface area contributed by atoms with E-state index in [0.717, 1.165) is 5.56 Å². The van der Waals surface area contributed by atoms with E-state index in [1.165, 1.54) is 12.1 Å². The van der Waals surface area contributed by atoms with E-state index in [1.54, 1.807) is 24.3 Å². The van der Waals surface area contributed by atoms with Crippen LogP contribution in [-0.2, 0) is 9.59 Å². The molecule has 0 fully saturated rings. The van der Waals surface area contributed by atoms with Gasteiger partial charge < -0.3 is 5.32 Å². The molecule has 3 nitrogen and oxygen atoms in total. The molecule has 27 heavy (non-hydrogen) atoms. The molecule has 1 aliphatic carbocycles. The third kappa shape index (κ3) is 3.52. The Morgan fingerprint density at radius 1 is 0.926 bits per heavy atom. The fraction of sp³-hybridized carbons (Fsp3) is 0.238. The average molecular weight is 404 g/mol. The van der Waals surface area contributed by atoms with Gasteiger partial charge in [-0.25, -0.2) is 4.39 Å². The zero-order valence-corrected chi connectivity index (χ0v) is 15.8. The highest BCUT2D eigenvalue weighted by Gasteiger charge is 2.38. The number of rotatable bonds is 2. The van der Waals surface area contributed by atoms with Gasteiger partial charge in [-0.3, -0.25) is 9.59 Å². The standard InChI is InChI=1S/C21H16Cl2FNO2/c22-16-5-4-11(7-17(16)23)13-8-18-21(19(26)9-13)15(10-20(27)25-18)12-2-1-3-14(24)6-12/h1-7,13,15H,8-10H2,(H,25,27). The first-order chi connectivity index (χ1) is 12.9. The van der Waals surface area contributed by atoms with Crippen molar-refractivity contribution in [2.24, 2.45) is 0 Å². The number of allylic oxidation sites excluding steroid dienone is 2. The summed E-state index contributed by atoms with van der Waals surface area (Å²) in [5, 5.41) is 3.75. The first-order valence-corrected chi connectivity index (χ1v) is 9.44. The largest absolute Gasteiger partial charge is 0.329 e. The van der Waals surface area contributed by atoms with Crippen molar-refractivity contribution in [1.82, 2.24) is 5.32 Å². The molecule has 1 aliphatic heterocycles. The topological polar surface area (TPSA) is 46.2 Å². The van der Waals surface area contributed by atoms with Gasteiger partial charge in [0, 0.05) is 30.0 Å². The van der Waals surface area contributed by atoms with Crippen molar-refractivity contribution in [1.29, 1.82) is 0 Å². The van der Waals surface area contributed by atoms with Crippen LogP contribution in [0.15, 0.2) is 53.7 Å². The highest BCUT2D eigenvalue weighted by molar-refractivity contribution is 6.42. The van der Waals surface area contributed by atoms with Crippen molar-refractivity contribution in [2.45, 2.75) is 31.1 Å². The fourth-order valence-corrected chi connectivity index (χ4v) is 4.28. The van der Waals surface area contributed by atoms with Gasteiger partial charge in [-0.2, -0.15) is 0 Å². The number of nitrogens with one attached hydrogen (secondary N) is 1. The maximum absolute atomic E-state index is 13.7. The molecule has 2 aliphatic rings. The van der Waals surface area contributed by atoms with Crippen LogP contribution in [0.1, 0.15) is 42.2 Å². The normalized spacial score (nSPS) is 22.5. The van der Waals surface area contributed by atoms with Crippen LogP contribution in [0, 0.1) is 5.82 Å². The van der Waals surface area contributed by atoms with E-state index in [0.29, 0.717) is 39.7 Å². The summed E-state index contributed by atoms with van der Waals surface area (Å²) < 4.78 is 13.7. The third-order valence-corrected chi connectivity index (χ3v) is 5.94. The summed E-state index contributed by atoms with van der Waals surface area (Å²) in [4.78, 5) is 25.2. The second-order valence-corrected chi connectivity index (χ2v) is 7.77. The Labute approximate surface area is 166 Å². The molecule has 138 valence electrons. The molecule has 0 aromatic heterocycles. The number of hydrogen-bond donors (Lipinski definition) is 1. The van der Waals surface area contributed by atoms with Crippen LogP contribution < -0.4 is 5.32 Å². The lowest BCUT2D eigenvalue weighted by atomic mass is 9.73. The minimum absolute atomic E-state index is 0.0263. The van der Waals surface area contributed by atoms with Crippen molar-refractivity contribution < 1.29 is 14.0 Å². The highest BCUT2D eigenvalue weighted by Crippen LogP contribution is 2.43. The number of hydrogen-bond acceptors (Lipinski definition) is 2. The molecule has 1 heterocycles. The molecule has 0 saturated carbocycles. The van der Waals surface area contributed by atoms with Crippen molar-refractivity contribution in [3.8, 4) is 0 Å². The van der Waals surface area contributed by atoms with Gasteiger partial charge in [0.05, 0.1) is 10.0 Å². The number of amides is 1. The first-order valence-electron chi connectivity index (χ1n) is 8.69. The quantitative estimate of drug-likeness (QED) is 0.754.